The second-order valence-corrected chi connectivity index (χ2v) is 14.2. The molecule has 52 heavy (non-hydrogen) atoms. The van der Waals surface area contributed by atoms with Crippen LogP contribution in [0.2, 0.25) is 5.02 Å². The zero-order chi connectivity index (χ0) is 37.1. The quantitative estimate of drug-likeness (QED) is 0.115. The molecule has 11 heteroatoms. The summed E-state index contributed by atoms with van der Waals surface area (Å²) < 4.78 is 38.8. The molecular weight excluding hydrogens is 685 g/mol. The molecule has 4 aromatic carbocycles. The van der Waals surface area contributed by atoms with E-state index in [4.69, 9.17) is 30.5 Å². The third kappa shape index (κ3) is 10.5. The van der Waals surface area contributed by atoms with Gasteiger partial charge in [0.2, 0.25) is 5.91 Å². The molecule has 2 amide bonds. The molecule has 0 spiro atoms. The molecule has 0 aromatic heterocycles. The molecule has 2 unspecified atom stereocenters. The van der Waals surface area contributed by atoms with E-state index in [-0.39, 0.29) is 24.3 Å². The summed E-state index contributed by atoms with van der Waals surface area (Å²) in [6.07, 6.45) is -1.58. The number of carbonyl (C=O) groups is 2. The molecule has 0 fully saturated rings. The van der Waals surface area contributed by atoms with Gasteiger partial charge in [0.25, 0.3) is 5.91 Å². The topological polar surface area (TPSA) is 98.4 Å². The van der Waals surface area contributed by atoms with Crippen molar-refractivity contribution in [3.8, 4) is 17.2 Å². The maximum Gasteiger partial charge on any atom is 0.256 e. The predicted molar refractivity (Wildman–Crippen MR) is 201 cm³/mol. The lowest BCUT2D eigenvalue weighted by Crippen LogP contribution is -2.45. The summed E-state index contributed by atoms with van der Waals surface area (Å²) in [5.41, 5.74) is 1.93. The van der Waals surface area contributed by atoms with E-state index in [1.165, 1.54) is 6.07 Å². The van der Waals surface area contributed by atoms with Crippen LogP contribution in [0.4, 0.5) is 10.1 Å². The van der Waals surface area contributed by atoms with Crippen LogP contribution in [0.15, 0.2) is 91.0 Å². The minimum absolute atomic E-state index is 0.0262. The summed E-state index contributed by atoms with van der Waals surface area (Å²) in [5, 5.41) is 6.58. The fourth-order valence-corrected chi connectivity index (χ4v) is 6.17. The number of halogens is 2. The highest BCUT2D eigenvalue weighted by Gasteiger charge is 2.40. The minimum Gasteiger partial charge on any atom is -0.492 e. The number of nitrogens with zero attached hydrogens (tertiary/aromatic N) is 1. The van der Waals surface area contributed by atoms with E-state index in [2.05, 4.69) is 10.6 Å². The highest BCUT2D eigenvalue weighted by molar-refractivity contribution is 6.30. The SMILES string of the molecule is COc1c(OCCCNCCOc2ccccc2)cccc1C1OC(CC(=O)NCc2ccccc2F)C(=O)N(CC(C)(C)C)c2ccc(Cl)cc21. The van der Waals surface area contributed by atoms with Gasteiger partial charge in [0.15, 0.2) is 11.5 Å². The van der Waals surface area contributed by atoms with E-state index in [1.54, 1.807) is 42.3 Å². The molecule has 9 nitrogen and oxygen atoms in total. The van der Waals surface area contributed by atoms with Gasteiger partial charge in [-0.1, -0.05) is 80.9 Å². The Hall–Kier alpha value is -4.64. The largest absolute Gasteiger partial charge is 0.492 e. The number of ether oxygens (including phenoxy) is 4. The van der Waals surface area contributed by atoms with Gasteiger partial charge in [0, 0.05) is 47.0 Å². The molecule has 1 aliphatic rings. The van der Waals surface area contributed by atoms with Crippen LogP contribution in [-0.2, 0) is 20.9 Å². The van der Waals surface area contributed by atoms with E-state index in [0.29, 0.717) is 65.2 Å². The first kappa shape index (κ1) is 38.6. The first-order valence-corrected chi connectivity index (χ1v) is 17.9. The van der Waals surface area contributed by atoms with Crippen molar-refractivity contribution < 1.29 is 32.9 Å². The van der Waals surface area contributed by atoms with Crippen LogP contribution in [0.3, 0.4) is 0 Å². The highest BCUT2D eigenvalue weighted by Crippen LogP contribution is 2.45. The van der Waals surface area contributed by atoms with Crippen molar-refractivity contribution in [1.29, 1.82) is 0 Å². The first-order chi connectivity index (χ1) is 25.0. The fraction of sp³-hybridized carbons (Fsp3) is 0.366. The lowest BCUT2D eigenvalue weighted by molar-refractivity contribution is -0.138. The molecule has 0 saturated heterocycles. The standard InChI is InChI=1S/C41H47ClFN3O6/c1-41(2,3)27-46-34-19-18-29(42)24-32(34)38(52-36(40(46)48)25-37(47)45-26-28-12-8-9-16-33(28)43)31-15-10-17-35(39(31)49-4)51-22-11-20-44-21-23-50-30-13-6-5-7-14-30/h5-10,12-19,24,36,38,44H,11,20-23,25-27H2,1-4H3,(H,45,47). The Bertz CT molecular complexity index is 1800. The highest BCUT2D eigenvalue weighted by atomic mass is 35.5. The van der Waals surface area contributed by atoms with Crippen molar-refractivity contribution >= 4 is 29.1 Å². The molecule has 2 atom stereocenters. The zero-order valence-corrected chi connectivity index (χ0v) is 30.9. The lowest BCUT2D eigenvalue weighted by atomic mass is 9.94. The van der Waals surface area contributed by atoms with Crippen LogP contribution in [0, 0.1) is 11.2 Å². The third-order valence-corrected chi connectivity index (χ3v) is 8.62. The number of anilines is 1. The van der Waals surface area contributed by atoms with E-state index in [0.717, 1.165) is 18.7 Å². The van der Waals surface area contributed by atoms with Crippen molar-refractivity contribution in [1.82, 2.24) is 10.6 Å². The predicted octanol–water partition coefficient (Wildman–Crippen LogP) is 7.50. The van der Waals surface area contributed by atoms with Crippen molar-refractivity contribution in [2.24, 2.45) is 5.41 Å². The zero-order valence-electron chi connectivity index (χ0n) is 30.1. The Labute approximate surface area is 310 Å². The number of hydrogen-bond donors (Lipinski definition) is 2. The molecule has 2 N–H and O–H groups in total. The molecule has 0 bridgehead atoms. The number of carbonyl (C=O) groups excluding carboxylic acids is 2. The summed E-state index contributed by atoms with van der Waals surface area (Å²) in [6, 6.07) is 26.8. The number of methoxy groups -OCH3 is 1. The Morgan fingerprint density at radius 3 is 2.44 bits per heavy atom. The number of nitrogens with one attached hydrogen (secondary N) is 2. The van der Waals surface area contributed by atoms with Gasteiger partial charge in [0.1, 0.15) is 30.4 Å². The van der Waals surface area contributed by atoms with Gasteiger partial charge in [-0.15, -0.1) is 0 Å². The molecule has 0 aliphatic carbocycles. The summed E-state index contributed by atoms with van der Waals surface area (Å²) in [4.78, 5) is 29.3. The molecule has 5 rings (SSSR count). The van der Waals surface area contributed by atoms with Gasteiger partial charge in [-0.05, 0) is 60.8 Å². The molecular formula is C41H47ClFN3O6. The number of amides is 2. The maximum atomic E-state index is 14.3. The molecule has 1 heterocycles. The minimum atomic E-state index is -1.18. The second-order valence-electron chi connectivity index (χ2n) is 13.8. The van der Waals surface area contributed by atoms with Gasteiger partial charge in [0.05, 0.1) is 20.1 Å². The van der Waals surface area contributed by atoms with Crippen molar-refractivity contribution in [2.75, 3.05) is 44.9 Å². The van der Waals surface area contributed by atoms with Crippen molar-refractivity contribution in [2.45, 2.75) is 52.4 Å². The van der Waals surface area contributed by atoms with E-state index in [9.17, 15) is 14.0 Å². The second kappa shape index (κ2) is 18.2. The first-order valence-electron chi connectivity index (χ1n) is 17.5. The molecule has 0 saturated carbocycles. The summed E-state index contributed by atoms with van der Waals surface area (Å²) in [7, 11) is 1.56. The van der Waals surface area contributed by atoms with Crippen LogP contribution in [0.25, 0.3) is 0 Å². The number of hydrogen-bond acceptors (Lipinski definition) is 7. The Morgan fingerprint density at radius 1 is 0.923 bits per heavy atom. The monoisotopic (exact) mass is 731 g/mol. The average molecular weight is 732 g/mol. The van der Waals surface area contributed by atoms with Crippen LogP contribution >= 0.6 is 11.6 Å². The number of para-hydroxylation sites is 2. The van der Waals surface area contributed by atoms with Gasteiger partial charge in [-0.2, -0.15) is 0 Å². The third-order valence-electron chi connectivity index (χ3n) is 8.38. The Balaban J connectivity index is 1.35. The van der Waals surface area contributed by atoms with Crippen LogP contribution in [0.1, 0.15) is 56.4 Å². The average Bonchev–Trinajstić information content (AvgIpc) is 3.22. The molecule has 0 radical (unpaired) electrons. The van der Waals surface area contributed by atoms with Crippen molar-refractivity contribution in [3.05, 3.63) is 119 Å². The van der Waals surface area contributed by atoms with Gasteiger partial charge >= 0.3 is 0 Å². The van der Waals surface area contributed by atoms with Gasteiger partial charge in [-0.3, -0.25) is 9.59 Å². The summed E-state index contributed by atoms with van der Waals surface area (Å²) >= 11 is 6.58. The number of fused-ring (bicyclic) bond motifs is 1. The van der Waals surface area contributed by atoms with Crippen LogP contribution in [0.5, 0.6) is 17.2 Å². The molecule has 1 aliphatic heterocycles. The molecule has 4 aromatic rings. The summed E-state index contributed by atoms with van der Waals surface area (Å²) in [6.45, 7) is 8.83. The summed E-state index contributed by atoms with van der Waals surface area (Å²) in [5.74, 6) is 0.553. The smallest absolute Gasteiger partial charge is 0.256 e. The normalized spacial score (nSPS) is 15.8. The fourth-order valence-electron chi connectivity index (χ4n) is 5.99. The van der Waals surface area contributed by atoms with Crippen LogP contribution in [-0.4, -0.2) is 57.9 Å². The maximum absolute atomic E-state index is 14.3. The van der Waals surface area contributed by atoms with E-state index >= 15 is 0 Å². The molecule has 276 valence electrons. The van der Waals surface area contributed by atoms with Gasteiger partial charge < -0.3 is 34.5 Å². The Morgan fingerprint density at radius 2 is 1.69 bits per heavy atom. The van der Waals surface area contributed by atoms with Gasteiger partial charge in [-0.25, -0.2) is 4.39 Å². The number of benzene rings is 4. The van der Waals surface area contributed by atoms with E-state index < -0.39 is 23.9 Å². The lowest BCUT2D eigenvalue weighted by Gasteiger charge is -2.31. The van der Waals surface area contributed by atoms with Crippen molar-refractivity contribution in [3.63, 3.8) is 0 Å². The Kier molecular flexibility index (Phi) is 13.5. The number of rotatable bonds is 16. The van der Waals surface area contributed by atoms with Crippen LogP contribution < -0.4 is 29.7 Å². The van der Waals surface area contributed by atoms with E-state index in [1.807, 2.05) is 75.4 Å².